The van der Waals surface area contributed by atoms with Crippen molar-refractivity contribution in [1.29, 1.82) is 0 Å². The zero-order valence-electron chi connectivity index (χ0n) is 8.15. The summed E-state index contributed by atoms with van der Waals surface area (Å²) in [6, 6.07) is 5.36. The fourth-order valence-corrected chi connectivity index (χ4v) is 2.40. The third-order valence-corrected chi connectivity index (χ3v) is 3.23. The van der Waals surface area contributed by atoms with E-state index < -0.39 is 0 Å². The van der Waals surface area contributed by atoms with Gasteiger partial charge in [-0.05, 0) is 40.9 Å². The van der Waals surface area contributed by atoms with E-state index in [1.165, 1.54) is 0 Å². The second-order valence-electron chi connectivity index (χ2n) is 3.56. The topological polar surface area (TPSA) is 46.4 Å². The van der Waals surface area contributed by atoms with Crippen molar-refractivity contribution in [2.45, 2.75) is 12.8 Å². The first-order valence-electron chi connectivity index (χ1n) is 4.88. The molecule has 0 unspecified atom stereocenters. The van der Waals surface area contributed by atoms with Crippen molar-refractivity contribution < 1.29 is 4.92 Å². The Labute approximate surface area is 96.2 Å². The normalized spacial score (nSPS) is 15.7. The van der Waals surface area contributed by atoms with Crippen LogP contribution in [0, 0.1) is 10.1 Å². The van der Waals surface area contributed by atoms with Crippen molar-refractivity contribution in [1.82, 2.24) is 0 Å². The smallest absolute Gasteiger partial charge is 0.306 e. The van der Waals surface area contributed by atoms with Gasteiger partial charge in [0.05, 0.1) is 9.40 Å². The molecule has 0 bridgehead atoms. The minimum atomic E-state index is -0.322. The van der Waals surface area contributed by atoms with Crippen LogP contribution in [0.5, 0.6) is 0 Å². The van der Waals surface area contributed by atoms with Crippen LogP contribution < -0.4 is 4.90 Å². The number of anilines is 1. The molecule has 0 amide bonds. The third kappa shape index (κ3) is 1.97. The zero-order valence-corrected chi connectivity index (χ0v) is 9.74. The molecule has 1 saturated heterocycles. The van der Waals surface area contributed by atoms with Gasteiger partial charge in [-0.1, -0.05) is 6.07 Å². The number of rotatable bonds is 2. The van der Waals surface area contributed by atoms with Gasteiger partial charge in [0.2, 0.25) is 0 Å². The Morgan fingerprint density at radius 3 is 2.60 bits per heavy atom. The maximum Gasteiger partial charge on any atom is 0.306 e. The molecule has 0 N–H and O–H groups in total. The monoisotopic (exact) mass is 270 g/mol. The lowest BCUT2D eigenvalue weighted by molar-refractivity contribution is -0.384. The molecule has 0 aliphatic carbocycles. The number of hydrogen-bond donors (Lipinski definition) is 0. The molecule has 2 rings (SSSR count). The summed E-state index contributed by atoms with van der Waals surface area (Å²) in [6.07, 6.45) is 2.23. The summed E-state index contributed by atoms with van der Waals surface area (Å²) in [6.45, 7) is 1.83. The SMILES string of the molecule is O=[N+]([O-])c1c(Br)cccc1N1CCCC1. The summed E-state index contributed by atoms with van der Waals surface area (Å²) < 4.78 is 0.553. The summed E-state index contributed by atoms with van der Waals surface area (Å²) in [5, 5.41) is 10.9. The molecular formula is C10H11BrN2O2. The minimum absolute atomic E-state index is 0.180. The van der Waals surface area contributed by atoms with Crippen LogP contribution in [0.25, 0.3) is 0 Å². The van der Waals surface area contributed by atoms with E-state index in [0.29, 0.717) is 4.47 Å². The van der Waals surface area contributed by atoms with E-state index in [1.54, 1.807) is 6.07 Å². The van der Waals surface area contributed by atoms with Crippen molar-refractivity contribution in [3.8, 4) is 0 Å². The maximum absolute atomic E-state index is 10.9. The van der Waals surface area contributed by atoms with Crippen molar-refractivity contribution in [2.24, 2.45) is 0 Å². The fourth-order valence-electron chi connectivity index (χ4n) is 1.90. The van der Waals surface area contributed by atoms with E-state index >= 15 is 0 Å². The zero-order chi connectivity index (χ0) is 10.8. The number of hydrogen-bond acceptors (Lipinski definition) is 3. The molecule has 15 heavy (non-hydrogen) atoms. The van der Waals surface area contributed by atoms with Crippen molar-refractivity contribution in [2.75, 3.05) is 18.0 Å². The van der Waals surface area contributed by atoms with Gasteiger partial charge in [0.25, 0.3) is 0 Å². The van der Waals surface area contributed by atoms with E-state index in [9.17, 15) is 10.1 Å². The van der Waals surface area contributed by atoms with E-state index in [2.05, 4.69) is 20.8 Å². The van der Waals surface area contributed by atoms with Crippen LogP contribution in [0.2, 0.25) is 0 Å². The van der Waals surface area contributed by atoms with Crippen LogP contribution in [0.3, 0.4) is 0 Å². The molecule has 1 heterocycles. The Kier molecular flexibility index (Phi) is 2.90. The molecule has 1 aromatic carbocycles. The van der Waals surface area contributed by atoms with Crippen molar-refractivity contribution >= 4 is 27.3 Å². The van der Waals surface area contributed by atoms with Crippen LogP contribution >= 0.6 is 15.9 Å². The van der Waals surface area contributed by atoms with E-state index in [1.807, 2.05) is 12.1 Å². The lowest BCUT2D eigenvalue weighted by atomic mass is 10.2. The van der Waals surface area contributed by atoms with Crippen molar-refractivity contribution in [3.05, 3.63) is 32.8 Å². The average molecular weight is 271 g/mol. The molecule has 1 aromatic rings. The Hall–Kier alpha value is -1.10. The Bertz CT molecular complexity index is 389. The van der Waals surface area contributed by atoms with Gasteiger partial charge in [-0.3, -0.25) is 10.1 Å². The number of benzene rings is 1. The third-order valence-electron chi connectivity index (χ3n) is 2.59. The van der Waals surface area contributed by atoms with Crippen LogP contribution in [0.15, 0.2) is 22.7 Å². The summed E-state index contributed by atoms with van der Waals surface area (Å²) in [4.78, 5) is 12.7. The largest absolute Gasteiger partial charge is 0.366 e. The van der Waals surface area contributed by atoms with E-state index in [4.69, 9.17) is 0 Å². The Morgan fingerprint density at radius 1 is 1.33 bits per heavy atom. The summed E-state index contributed by atoms with van der Waals surface area (Å²) in [5.41, 5.74) is 0.909. The molecule has 0 atom stereocenters. The Balaban J connectivity index is 2.45. The van der Waals surface area contributed by atoms with Gasteiger partial charge in [-0.25, -0.2) is 0 Å². The van der Waals surface area contributed by atoms with Crippen LogP contribution in [-0.4, -0.2) is 18.0 Å². The lowest BCUT2D eigenvalue weighted by Crippen LogP contribution is -2.18. The van der Waals surface area contributed by atoms with Gasteiger partial charge in [-0.2, -0.15) is 0 Å². The van der Waals surface area contributed by atoms with E-state index in [0.717, 1.165) is 31.6 Å². The van der Waals surface area contributed by atoms with Crippen LogP contribution in [-0.2, 0) is 0 Å². The first-order chi connectivity index (χ1) is 7.20. The first kappa shape index (κ1) is 10.4. The highest BCUT2D eigenvalue weighted by Crippen LogP contribution is 2.36. The number of nitro groups is 1. The highest BCUT2D eigenvalue weighted by atomic mass is 79.9. The highest BCUT2D eigenvalue weighted by molar-refractivity contribution is 9.10. The number of para-hydroxylation sites is 1. The summed E-state index contributed by atoms with van der Waals surface area (Å²) in [5.74, 6) is 0. The molecule has 1 aliphatic heterocycles. The molecule has 5 heteroatoms. The number of nitrogens with zero attached hydrogens (tertiary/aromatic N) is 2. The van der Waals surface area contributed by atoms with Crippen LogP contribution in [0.4, 0.5) is 11.4 Å². The molecule has 0 radical (unpaired) electrons. The molecule has 1 aliphatic rings. The van der Waals surface area contributed by atoms with Crippen molar-refractivity contribution in [3.63, 3.8) is 0 Å². The summed E-state index contributed by atoms with van der Waals surface area (Å²) >= 11 is 3.23. The second kappa shape index (κ2) is 4.18. The first-order valence-corrected chi connectivity index (χ1v) is 5.67. The molecule has 4 nitrogen and oxygen atoms in total. The predicted octanol–water partition coefficient (Wildman–Crippen LogP) is 2.96. The molecule has 0 spiro atoms. The molecular weight excluding hydrogens is 260 g/mol. The minimum Gasteiger partial charge on any atom is -0.366 e. The fraction of sp³-hybridized carbons (Fsp3) is 0.400. The van der Waals surface area contributed by atoms with Crippen LogP contribution in [0.1, 0.15) is 12.8 Å². The average Bonchev–Trinajstić information content (AvgIpc) is 2.69. The molecule has 80 valence electrons. The Morgan fingerprint density at radius 2 is 2.00 bits per heavy atom. The molecule has 1 fully saturated rings. The number of nitro benzene ring substituents is 1. The van der Waals surface area contributed by atoms with Gasteiger partial charge in [0, 0.05) is 13.1 Å². The standard InChI is InChI=1S/C10H11BrN2O2/c11-8-4-3-5-9(10(8)13(14)15)12-6-1-2-7-12/h3-5H,1-2,6-7H2. The van der Waals surface area contributed by atoms with Gasteiger partial charge in [0.1, 0.15) is 5.69 Å². The van der Waals surface area contributed by atoms with Gasteiger partial charge < -0.3 is 4.90 Å². The quantitative estimate of drug-likeness (QED) is 0.613. The predicted molar refractivity (Wildman–Crippen MR) is 62.2 cm³/mol. The summed E-state index contributed by atoms with van der Waals surface area (Å²) in [7, 11) is 0. The highest BCUT2D eigenvalue weighted by Gasteiger charge is 2.24. The second-order valence-corrected chi connectivity index (χ2v) is 4.41. The molecule has 0 saturated carbocycles. The number of halogens is 1. The molecule has 0 aromatic heterocycles. The van der Waals surface area contributed by atoms with E-state index in [-0.39, 0.29) is 10.6 Å². The lowest BCUT2D eigenvalue weighted by Gasteiger charge is -2.17. The maximum atomic E-state index is 10.9. The van der Waals surface area contributed by atoms with Gasteiger partial charge in [0.15, 0.2) is 0 Å². The van der Waals surface area contributed by atoms with Gasteiger partial charge >= 0.3 is 5.69 Å². The van der Waals surface area contributed by atoms with Gasteiger partial charge in [-0.15, -0.1) is 0 Å².